The molecular weight excluding hydrogens is 554 g/mol. The number of thiazole rings is 1. The maximum absolute atomic E-state index is 13.8. The monoisotopic (exact) mass is 579 g/mol. The standard InChI is InChI=1S/C28H25N3O7S2/c1-4-7-19-24(27(33)37-5-2)25(22-8-6-13-39-22)30-26(32)23(40-28(30)29-19)15-17-10-12-21(38-17)18-11-9-16(36-3)14-20(18)31(34)35/h6,8-15,25H,4-5,7H2,1-3H3/b23-15-/t25-/m0/s1. The minimum absolute atomic E-state index is 0.162. The maximum atomic E-state index is 13.8. The second-order valence-corrected chi connectivity index (χ2v) is 10.8. The van der Waals surface area contributed by atoms with Gasteiger partial charge < -0.3 is 13.9 Å². The molecule has 4 aromatic rings. The Morgan fingerprint density at radius 1 is 1.25 bits per heavy atom. The van der Waals surface area contributed by atoms with Crippen molar-refractivity contribution in [1.29, 1.82) is 0 Å². The summed E-state index contributed by atoms with van der Waals surface area (Å²) in [7, 11) is 1.43. The first-order valence-corrected chi connectivity index (χ1v) is 14.2. The molecule has 0 radical (unpaired) electrons. The fourth-order valence-corrected chi connectivity index (χ4v) is 6.36. The van der Waals surface area contributed by atoms with E-state index in [-0.39, 0.29) is 29.2 Å². The highest BCUT2D eigenvalue weighted by molar-refractivity contribution is 7.10. The molecule has 1 atom stereocenters. The molecular formula is C28H25N3O7S2. The number of carbonyl (C=O) groups is 1. The summed E-state index contributed by atoms with van der Waals surface area (Å²) in [6, 6.07) is 10.9. The van der Waals surface area contributed by atoms with Crippen molar-refractivity contribution in [2.75, 3.05) is 13.7 Å². The third-order valence-electron chi connectivity index (χ3n) is 6.27. The first kappa shape index (κ1) is 27.3. The molecule has 10 nitrogen and oxygen atoms in total. The van der Waals surface area contributed by atoms with E-state index in [2.05, 4.69) is 0 Å². The predicted octanol–water partition coefficient (Wildman–Crippen LogP) is 4.82. The van der Waals surface area contributed by atoms with Gasteiger partial charge in [0.05, 0.1) is 46.1 Å². The first-order valence-electron chi connectivity index (χ1n) is 12.5. The zero-order chi connectivity index (χ0) is 28.4. The summed E-state index contributed by atoms with van der Waals surface area (Å²) in [6.45, 7) is 3.95. The lowest BCUT2D eigenvalue weighted by Gasteiger charge is -2.24. The molecule has 5 rings (SSSR count). The largest absolute Gasteiger partial charge is 0.497 e. The van der Waals surface area contributed by atoms with Gasteiger partial charge in [0.1, 0.15) is 23.3 Å². The summed E-state index contributed by atoms with van der Waals surface area (Å²) >= 11 is 2.64. The minimum Gasteiger partial charge on any atom is -0.497 e. The Morgan fingerprint density at radius 3 is 2.75 bits per heavy atom. The lowest BCUT2D eigenvalue weighted by molar-refractivity contribution is -0.384. The molecule has 0 spiro atoms. The quantitative estimate of drug-likeness (QED) is 0.158. The van der Waals surface area contributed by atoms with Crippen molar-refractivity contribution in [1.82, 2.24) is 4.57 Å². The van der Waals surface area contributed by atoms with E-state index in [4.69, 9.17) is 18.9 Å². The van der Waals surface area contributed by atoms with Gasteiger partial charge in [-0.2, -0.15) is 0 Å². The number of thiophene rings is 1. The van der Waals surface area contributed by atoms with Crippen LogP contribution in [0.4, 0.5) is 5.69 Å². The number of aromatic nitrogens is 1. The van der Waals surface area contributed by atoms with E-state index >= 15 is 0 Å². The van der Waals surface area contributed by atoms with E-state index in [1.807, 2.05) is 24.4 Å². The summed E-state index contributed by atoms with van der Waals surface area (Å²) < 4.78 is 18.3. The highest BCUT2D eigenvalue weighted by atomic mass is 32.1. The van der Waals surface area contributed by atoms with E-state index in [1.165, 1.54) is 40.4 Å². The van der Waals surface area contributed by atoms with Crippen molar-refractivity contribution in [3.63, 3.8) is 0 Å². The fraction of sp³-hybridized carbons (Fsp3) is 0.250. The molecule has 1 aromatic carbocycles. The number of carbonyl (C=O) groups excluding carboxylic acids is 1. The maximum Gasteiger partial charge on any atom is 0.338 e. The second-order valence-electron chi connectivity index (χ2n) is 8.77. The molecule has 40 heavy (non-hydrogen) atoms. The third-order valence-corrected chi connectivity index (χ3v) is 8.18. The van der Waals surface area contributed by atoms with Crippen LogP contribution in [-0.4, -0.2) is 29.2 Å². The lowest BCUT2D eigenvalue weighted by atomic mass is 9.99. The number of benzene rings is 1. The summed E-state index contributed by atoms with van der Waals surface area (Å²) in [5.41, 5.74) is 0.780. The predicted molar refractivity (Wildman–Crippen MR) is 151 cm³/mol. The topological polar surface area (TPSA) is 126 Å². The third kappa shape index (κ3) is 5.03. The Hall–Kier alpha value is -4.29. The highest BCUT2D eigenvalue weighted by Gasteiger charge is 2.35. The summed E-state index contributed by atoms with van der Waals surface area (Å²) in [5, 5.41) is 13.5. The number of allylic oxidation sites excluding steroid dienone is 1. The van der Waals surface area contributed by atoms with Crippen LogP contribution in [0.1, 0.15) is 43.4 Å². The van der Waals surface area contributed by atoms with E-state index in [1.54, 1.807) is 37.3 Å². The van der Waals surface area contributed by atoms with Crippen molar-refractivity contribution in [3.05, 3.63) is 99.6 Å². The summed E-state index contributed by atoms with van der Waals surface area (Å²) in [5.74, 6) is 0.489. The zero-order valence-electron chi connectivity index (χ0n) is 21.9. The van der Waals surface area contributed by atoms with E-state index < -0.39 is 16.9 Å². The van der Waals surface area contributed by atoms with Gasteiger partial charge in [-0.1, -0.05) is 30.7 Å². The minimum atomic E-state index is -0.659. The van der Waals surface area contributed by atoms with Gasteiger partial charge >= 0.3 is 5.97 Å². The number of ether oxygens (including phenoxy) is 2. The van der Waals surface area contributed by atoms with Gasteiger partial charge in [-0.3, -0.25) is 19.5 Å². The SMILES string of the molecule is CCCC1=C(C(=O)OCC)[C@H](c2cccs2)n2c(s/c(=C\c3ccc(-c4ccc(OC)cc4[N+](=O)[O-])o3)c2=O)=N1. The Morgan fingerprint density at radius 2 is 2.08 bits per heavy atom. The molecule has 0 amide bonds. The molecule has 0 N–H and O–H groups in total. The molecule has 1 aliphatic heterocycles. The van der Waals surface area contributed by atoms with Gasteiger partial charge in [0, 0.05) is 11.0 Å². The zero-order valence-corrected chi connectivity index (χ0v) is 23.5. The van der Waals surface area contributed by atoms with Crippen LogP contribution < -0.4 is 19.6 Å². The molecule has 1 aliphatic rings. The van der Waals surface area contributed by atoms with Crippen LogP contribution in [0.5, 0.6) is 5.75 Å². The van der Waals surface area contributed by atoms with Crippen molar-refractivity contribution in [2.45, 2.75) is 32.7 Å². The van der Waals surface area contributed by atoms with Gasteiger partial charge in [-0.05, 0) is 49.1 Å². The molecule has 0 fully saturated rings. The summed E-state index contributed by atoms with van der Waals surface area (Å²) in [6.07, 6.45) is 2.91. The van der Waals surface area contributed by atoms with Crippen molar-refractivity contribution < 1.29 is 23.6 Å². The number of nitro benzene ring substituents is 1. The Balaban J connectivity index is 1.63. The Bertz CT molecular complexity index is 1800. The number of rotatable bonds is 9. The molecule has 0 saturated heterocycles. The van der Waals surface area contributed by atoms with Crippen LogP contribution in [0.25, 0.3) is 17.4 Å². The molecule has 12 heteroatoms. The van der Waals surface area contributed by atoms with Crippen LogP contribution in [0.15, 0.2) is 73.3 Å². The lowest BCUT2D eigenvalue weighted by Crippen LogP contribution is -2.39. The van der Waals surface area contributed by atoms with E-state index in [0.29, 0.717) is 38.5 Å². The van der Waals surface area contributed by atoms with Gasteiger partial charge in [0.25, 0.3) is 11.2 Å². The number of nitrogens with zero attached hydrogens (tertiary/aromatic N) is 3. The van der Waals surface area contributed by atoms with Gasteiger partial charge in [-0.25, -0.2) is 9.79 Å². The molecule has 206 valence electrons. The normalized spacial score (nSPS) is 15.1. The van der Waals surface area contributed by atoms with Gasteiger partial charge in [-0.15, -0.1) is 11.3 Å². The summed E-state index contributed by atoms with van der Waals surface area (Å²) in [4.78, 5) is 44.1. The number of furan rings is 1. The van der Waals surface area contributed by atoms with Crippen LogP contribution >= 0.6 is 22.7 Å². The number of methoxy groups -OCH3 is 1. The number of esters is 1. The molecule has 4 heterocycles. The number of hydrogen-bond acceptors (Lipinski definition) is 10. The van der Waals surface area contributed by atoms with Crippen molar-refractivity contribution in [2.24, 2.45) is 4.99 Å². The Labute approximate surface area is 236 Å². The van der Waals surface area contributed by atoms with Crippen molar-refractivity contribution in [3.8, 4) is 17.1 Å². The van der Waals surface area contributed by atoms with Crippen LogP contribution in [-0.2, 0) is 9.53 Å². The average molecular weight is 580 g/mol. The van der Waals surface area contributed by atoms with Crippen LogP contribution in [0.3, 0.4) is 0 Å². The fourth-order valence-electron chi connectivity index (χ4n) is 4.54. The van der Waals surface area contributed by atoms with E-state index in [9.17, 15) is 19.7 Å². The molecule has 3 aromatic heterocycles. The molecule has 0 bridgehead atoms. The number of nitro groups is 1. The molecule has 0 unspecified atom stereocenters. The van der Waals surface area contributed by atoms with Gasteiger partial charge in [0.2, 0.25) is 0 Å². The molecule has 0 saturated carbocycles. The second kappa shape index (κ2) is 11.4. The molecule has 0 aliphatic carbocycles. The number of hydrogen-bond donors (Lipinski definition) is 0. The van der Waals surface area contributed by atoms with Crippen LogP contribution in [0.2, 0.25) is 0 Å². The van der Waals surface area contributed by atoms with Crippen LogP contribution in [0, 0.1) is 10.1 Å². The smallest absolute Gasteiger partial charge is 0.338 e. The Kier molecular flexibility index (Phi) is 7.81. The first-order chi connectivity index (χ1) is 19.4. The number of fused-ring (bicyclic) bond motifs is 1. The van der Waals surface area contributed by atoms with E-state index in [0.717, 1.165) is 11.3 Å². The van der Waals surface area contributed by atoms with Crippen molar-refractivity contribution >= 4 is 40.4 Å². The highest BCUT2D eigenvalue weighted by Crippen LogP contribution is 2.36. The average Bonchev–Trinajstić information content (AvgIpc) is 3.70. The van der Waals surface area contributed by atoms with Gasteiger partial charge in [0.15, 0.2) is 4.80 Å².